The maximum absolute atomic E-state index is 10.8. The standard InChI is InChI=1S/C11H19NO5/c1-11(2)16-8-6-7(15-9(8)17-11)4-5-12-10(13)14-3/h7-9H,4-6H2,1-3H3,(H,12,13)/t7-,8-,9-/m1/s1. The van der Waals surface area contributed by atoms with Gasteiger partial charge in [-0.3, -0.25) is 0 Å². The molecule has 98 valence electrons. The number of ether oxygens (including phenoxy) is 4. The van der Waals surface area contributed by atoms with Crippen molar-refractivity contribution < 1.29 is 23.7 Å². The normalized spacial score (nSPS) is 34.4. The molecule has 0 aromatic carbocycles. The first-order chi connectivity index (χ1) is 8.00. The molecule has 17 heavy (non-hydrogen) atoms. The molecule has 2 aliphatic heterocycles. The molecule has 3 atom stereocenters. The molecule has 0 bridgehead atoms. The maximum Gasteiger partial charge on any atom is 0.406 e. The molecule has 0 radical (unpaired) electrons. The highest BCUT2D eigenvalue weighted by atomic mass is 16.8. The number of methoxy groups -OCH3 is 1. The van der Waals surface area contributed by atoms with Crippen molar-refractivity contribution in [3.8, 4) is 0 Å². The molecular formula is C11H19NO5. The smallest absolute Gasteiger partial charge is 0.406 e. The van der Waals surface area contributed by atoms with E-state index in [-0.39, 0.29) is 18.5 Å². The van der Waals surface area contributed by atoms with Crippen molar-refractivity contribution in [2.45, 2.75) is 51.0 Å². The van der Waals surface area contributed by atoms with Crippen LogP contribution in [0.4, 0.5) is 4.79 Å². The molecule has 2 aliphatic rings. The van der Waals surface area contributed by atoms with Crippen molar-refractivity contribution in [2.24, 2.45) is 0 Å². The molecule has 0 unspecified atom stereocenters. The van der Waals surface area contributed by atoms with Crippen LogP contribution in [0.1, 0.15) is 26.7 Å². The molecule has 2 saturated heterocycles. The molecule has 0 aromatic rings. The largest absolute Gasteiger partial charge is 0.453 e. The number of amides is 1. The summed E-state index contributed by atoms with van der Waals surface area (Å²) in [5.41, 5.74) is 0. The van der Waals surface area contributed by atoms with E-state index in [2.05, 4.69) is 10.1 Å². The molecule has 6 nitrogen and oxygen atoms in total. The van der Waals surface area contributed by atoms with Gasteiger partial charge in [0.1, 0.15) is 6.10 Å². The third-order valence-electron chi connectivity index (χ3n) is 2.88. The molecule has 1 N–H and O–H groups in total. The average Bonchev–Trinajstić information content (AvgIpc) is 2.70. The summed E-state index contributed by atoms with van der Waals surface area (Å²) in [6.45, 7) is 4.28. The topological polar surface area (TPSA) is 66.0 Å². The first kappa shape index (κ1) is 12.6. The summed E-state index contributed by atoms with van der Waals surface area (Å²) in [5.74, 6) is -0.551. The third kappa shape index (κ3) is 3.08. The number of fused-ring (bicyclic) bond motifs is 1. The lowest BCUT2D eigenvalue weighted by molar-refractivity contribution is -0.204. The summed E-state index contributed by atoms with van der Waals surface area (Å²) in [5, 5.41) is 2.62. The van der Waals surface area contributed by atoms with E-state index in [1.165, 1.54) is 7.11 Å². The highest BCUT2D eigenvalue weighted by molar-refractivity contribution is 5.66. The molecule has 0 aromatic heterocycles. The Morgan fingerprint density at radius 2 is 2.24 bits per heavy atom. The molecule has 2 fully saturated rings. The molecule has 0 spiro atoms. The van der Waals surface area contributed by atoms with Gasteiger partial charge in [0.15, 0.2) is 12.1 Å². The van der Waals surface area contributed by atoms with Crippen molar-refractivity contribution in [2.75, 3.05) is 13.7 Å². The van der Waals surface area contributed by atoms with Gasteiger partial charge < -0.3 is 24.3 Å². The maximum atomic E-state index is 10.8. The summed E-state index contributed by atoms with van der Waals surface area (Å²) in [4.78, 5) is 10.8. The summed E-state index contributed by atoms with van der Waals surface area (Å²) >= 11 is 0. The minimum atomic E-state index is -0.551. The second-order valence-corrected chi connectivity index (χ2v) is 4.74. The Labute approximate surface area is 101 Å². The van der Waals surface area contributed by atoms with Crippen molar-refractivity contribution in [3.05, 3.63) is 0 Å². The summed E-state index contributed by atoms with van der Waals surface area (Å²) in [6, 6.07) is 0. The van der Waals surface area contributed by atoms with Crippen molar-refractivity contribution in [3.63, 3.8) is 0 Å². The molecule has 2 rings (SSSR count). The molecule has 0 saturated carbocycles. The zero-order valence-corrected chi connectivity index (χ0v) is 10.4. The second kappa shape index (κ2) is 4.80. The highest BCUT2D eigenvalue weighted by Gasteiger charge is 2.48. The number of hydrogen-bond donors (Lipinski definition) is 1. The number of nitrogens with one attached hydrogen (secondary N) is 1. The predicted octanol–water partition coefficient (Wildman–Crippen LogP) is 0.999. The highest BCUT2D eigenvalue weighted by Crippen LogP contribution is 2.37. The van der Waals surface area contributed by atoms with Gasteiger partial charge in [0, 0.05) is 13.0 Å². The first-order valence-corrected chi connectivity index (χ1v) is 5.83. The van der Waals surface area contributed by atoms with E-state index in [1.54, 1.807) is 0 Å². The van der Waals surface area contributed by atoms with Crippen LogP contribution >= 0.6 is 0 Å². The van der Waals surface area contributed by atoms with E-state index in [4.69, 9.17) is 14.2 Å². The average molecular weight is 245 g/mol. The molecular weight excluding hydrogens is 226 g/mol. The van der Waals surface area contributed by atoms with Crippen molar-refractivity contribution >= 4 is 6.09 Å². The monoisotopic (exact) mass is 245 g/mol. The Morgan fingerprint density at radius 3 is 2.88 bits per heavy atom. The van der Waals surface area contributed by atoms with Gasteiger partial charge in [-0.15, -0.1) is 0 Å². The quantitative estimate of drug-likeness (QED) is 0.803. The van der Waals surface area contributed by atoms with E-state index in [0.717, 1.165) is 12.8 Å². The van der Waals surface area contributed by atoms with Gasteiger partial charge >= 0.3 is 6.09 Å². The Morgan fingerprint density at radius 1 is 1.47 bits per heavy atom. The summed E-state index contributed by atoms with van der Waals surface area (Å²) in [6.07, 6.45) is 0.919. The first-order valence-electron chi connectivity index (χ1n) is 5.83. The van der Waals surface area contributed by atoms with Crippen LogP contribution in [0.5, 0.6) is 0 Å². The minimum Gasteiger partial charge on any atom is -0.453 e. The molecule has 6 heteroatoms. The van der Waals surface area contributed by atoms with Gasteiger partial charge in [0.05, 0.1) is 13.2 Å². The Hall–Kier alpha value is -0.850. The van der Waals surface area contributed by atoms with Crippen LogP contribution in [-0.2, 0) is 18.9 Å². The third-order valence-corrected chi connectivity index (χ3v) is 2.88. The van der Waals surface area contributed by atoms with Crippen LogP contribution in [0.15, 0.2) is 0 Å². The van der Waals surface area contributed by atoms with Crippen LogP contribution in [0.3, 0.4) is 0 Å². The van der Waals surface area contributed by atoms with Crippen LogP contribution < -0.4 is 5.32 Å². The lowest BCUT2D eigenvalue weighted by atomic mass is 10.1. The van der Waals surface area contributed by atoms with Gasteiger partial charge in [-0.25, -0.2) is 4.79 Å². The Kier molecular flexibility index (Phi) is 3.56. The molecule has 2 heterocycles. The number of carbonyl (C=O) groups excluding carboxylic acids is 1. The van der Waals surface area contributed by atoms with E-state index in [1.807, 2.05) is 13.8 Å². The number of rotatable bonds is 3. The second-order valence-electron chi connectivity index (χ2n) is 4.74. The Bertz CT molecular complexity index is 278. The van der Waals surface area contributed by atoms with Crippen LogP contribution in [0.2, 0.25) is 0 Å². The van der Waals surface area contributed by atoms with Gasteiger partial charge in [0.25, 0.3) is 0 Å². The lowest BCUT2D eigenvalue weighted by Crippen LogP contribution is -2.28. The van der Waals surface area contributed by atoms with Crippen LogP contribution in [0.25, 0.3) is 0 Å². The van der Waals surface area contributed by atoms with E-state index < -0.39 is 11.9 Å². The fourth-order valence-electron chi connectivity index (χ4n) is 2.18. The van der Waals surface area contributed by atoms with E-state index in [0.29, 0.717) is 6.54 Å². The lowest BCUT2D eigenvalue weighted by Gasteiger charge is -2.20. The van der Waals surface area contributed by atoms with Crippen LogP contribution in [0, 0.1) is 0 Å². The van der Waals surface area contributed by atoms with Gasteiger partial charge in [-0.1, -0.05) is 0 Å². The van der Waals surface area contributed by atoms with E-state index >= 15 is 0 Å². The fraction of sp³-hybridized carbons (Fsp3) is 0.909. The number of hydrogen-bond acceptors (Lipinski definition) is 5. The SMILES string of the molecule is COC(=O)NCC[C@@H]1C[C@H]2OC(C)(C)O[C@H]2O1. The fourth-order valence-corrected chi connectivity index (χ4v) is 2.18. The van der Waals surface area contributed by atoms with Gasteiger partial charge in [0.2, 0.25) is 0 Å². The molecule has 0 aliphatic carbocycles. The Balaban J connectivity index is 1.69. The predicted molar refractivity (Wildman–Crippen MR) is 58.3 cm³/mol. The summed E-state index contributed by atoms with van der Waals surface area (Å²) in [7, 11) is 1.34. The molecule has 1 amide bonds. The van der Waals surface area contributed by atoms with Gasteiger partial charge in [-0.05, 0) is 20.3 Å². The zero-order chi connectivity index (χ0) is 12.5. The zero-order valence-electron chi connectivity index (χ0n) is 10.4. The minimum absolute atomic E-state index is 0.00752. The van der Waals surface area contributed by atoms with Crippen molar-refractivity contribution in [1.82, 2.24) is 5.32 Å². The number of alkyl carbamates (subject to hydrolysis) is 1. The van der Waals surface area contributed by atoms with Crippen molar-refractivity contribution in [1.29, 1.82) is 0 Å². The number of carbonyl (C=O) groups is 1. The summed E-state index contributed by atoms with van der Waals surface area (Å²) < 4.78 is 21.5. The van der Waals surface area contributed by atoms with E-state index in [9.17, 15) is 4.79 Å². The van der Waals surface area contributed by atoms with Gasteiger partial charge in [-0.2, -0.15) is 0 Å². The van der Waals surface area contributed by atoms with Crippen LogP contribution in [-0.4, -0.2) is 44.0 Å².